The van der Waals surface area contributed by atoms with Gasteiger partial charge in [-0.3, -0.25) is 4.79 Å². The van der Waals surface area contributed by atoms with Gasteiger partial charge in [0.2, 0.25) is 5.91 Å². The molecule has 3 rings (SSSR count). The number of rotatable bonds is 4. The molecule has 0 radical (unpaired) electrons. The standard InChI is InChI=1S/C17H21Cl2N3O3/c1-3-25-14(23)12-4-5-13(20-10-12)21-6-8-22(9-7-21)15(24)16(2)11-17(16,18)19/h4-5,10H,3,6-9,11H2,1-2H3/t16-/m1/s1. The number of carbonyl (C=O) groups excluding carboxylic acids is 2. The van der Waals surface area contributed by atoms with Gasteiger partial charge in [0.15, 0.2) is 0 Å². The molecule has 1 aliphatic carbocycles. The van der Waals surface area contributed by atoms with Crippen molar-refractivity contribution in [2.24, 2.45) is 5.41 Å². The predicted octanol–water partition coefficient (Wildman–Crippen LogP) is 2.49. The Kier molecular flexibility index (Phi) is 4.86. The zero-order chi connectivity index (χ0) is 18.2. The van der Waals surface area contributed by atoms with Crippen LogP contribution >= 0.6 is 23.2 Å². The Morgan fingerprint density at radius 3 is 2.36 bits per heavy atom. The Bertz CT molecular complexity index is 672. The van der Waals surface area contributed by atoms with Gasteiger partial charge in [-0.2, -0.15) is 0 Å². The minimum absolute atomic E-state index is 0.0165. The monoisotopic (exact) mass is 385 g/mol. The van der Waals surface area contributed by atoms with Crippen molar-refractivity contribution >= 4 is 40.9 Å². The number of esters is 1. The third-order valence-corrected chi connectivity index (χ3v) is 5.98. The SMILES string of the molecule is CCOC(=O)c1ccc(N2CCN(C(=O)[C@@]3(C)CC3(Cl)Cl)CC2)nc1. The molecule has 136 valence electrons. The van der Waals surface area contributed by atoms with Crippen LogP contribution in [0.5, 0.6) is 0 Å². The number of pyridine rings is 1. The van der Waals surface area contributed by atoms with Gasteiger partial charge >= 0.3 is 5.97 Å². The number of aromatic nitrogens is 1. The van der Waals surface area contributed by atoms with Crippen LogP contribution < -0.4 is 4.90 Å². The molecule has 2 heterocycles. The minimum Gasteiger partial charge on any atom is -0.462 e. The van der Waals surface area contributed by atoms with E-state index in [4.69, 9.17) is 27.9 Å². The minimum atomic E-state index is -0.939. The molecule has 8 heteroatoms. The first kappa shape index (κ1) is 18.3. The van der Waals surface area contributed by atoms with E-state index in [2.05, 4.69) is 9.88 Å². The van der Waals surface area contributed by atoms with Crippen molar-refractivity contribution < 1.29 is 14.3 Å². The van der Waals surface area contributed by atoms with Crippen LogP contribution in [-0.2, 0) is 9.53 Å². The molecule has 0 N–H and O–H groups in total. The lowest BCUT2D eigenvalue weighted by molar-refractivity contribution is -0.136. The van der Waals surface area contributed by atoms with Crippen LogP contribution in [0.1, 0.15) is 30.6 Å². The molecule has 1 saturated heterocycles. The second-order valence-electron chi connectivity index (χ2n) is 6.62. The fraction of sp³-hybridized carbons (Fsp3) is 0.588. The molecule has 0 spiro atoms. The van der Waals surface area contributed by atoms with Crippen molar-refractivity contribution in [1.82, 2.24) is 9.88 Å². The Morgan fingerprint density at radius 2 is 1.88 bits per heavy atom. The highest BCUT2D eigenvalue weighted by Crippen LogP contribution is 2.64. The summed E-state index contributed by atoms with van der Waals surface area (Å²) < 4.78 is 4.01. The summed E-state index contributed by atoms with van der Waals surface area (Å²) in [6, 6.07) is 3.51. The van der Waals surface area contributed by atoms with Crippen LogP contribution in [0.25, 0.3) is 0 Å². The molecular weight excluding hydrogens is 365 g/mol. The Balaban J connectivity index is 1.57. The van der Waals surface area contributed by atoms with Crippen molar-refractivity contribution in [2.45, 2.75) is 24.6 Å². The second kappa shape index (κ2) is 6.65. The number of hydrogen-bond acceptors (Lipinski definition) is 5. The number of hydrogen-bond donors (Lipinski definition) is 0. The molecule has 0 aromatic carbocycles. The van der Waals surface area contributed by atoms with Gasteiger partial charge in [-0.1, -0.05) is 0 Å². The molecule has 1 saturated carbocycles. The summed E-state index contributed by atoms with van der Waals surface area (Å²) >= 11 is 12.2. The number of anilines is 1. The van der Waals surface area contributed by atoms with Gasteiger partial charge in [-0.05, 0) is 32.4 Å². The molecule has 25 heavy (non-hydrogen) atoms. The first-order valence-corrected chi connectivity index (χ1v) is 9.09. The predicted molar refractivity (Wildman–Crippen MR) is 96.1 cm³/mol. The number of halogens is 2. The summed E-state index contributed by atoms with van der Waals surface area (Å²) in [5.74, 6) is 0.421. The van der Waals surface area contributed by atoms with E-state index in [-0.39, 0.29) is 11.9 Å². The normalized spacial score (nSPS) is 24.8. The maximum absolute atomic E-state index is 12.6. The van der Waals surface area contributed by atoms with Crippen LogP contribution in [0, 0.1) is 5.41 Å². The van der Waals surface area contributed by atoms with Gasteiger partial charge in [0.1, 0.15) is 10.2 Å². The van der Waals surface area contributed by atoms with Crippen molar-refractivity contribution in [2.75, 3.05) is 37.7 Å². The Hall–Kier alpha value is -1.53. The van der Waals surface area contributed by atoms with Gasteiger partial charge in [0.25, 0.3) is 0 Å². The lowest BCUT2D eigenvalue weighted by atomic mass is 10.1. The largest absolute Gasteiger partial charge is 0.462 e. The van der Waals surface area contributed by atoms with Crippen LogP contribution in [0.15, 0.2) is 18.3 Å². The average molecular weight is 386 g/mol. The molecule has 1 aromatic rings. The van der Waals surface area contributed by atoms with Crippen LogP contribution in [-0.4, -0.2) is 58.9 Å². The van der Waals surface area contributed by atoms with E-state index >= 15 is 0 Å². The molecule has 0 unspecified atom stereocenters. The fourth-order valence-electron chi connectivity index (χ4n) is 3.03. The summed E-state index contributed by atoms with van der Waals surface area (Å²) in [4.78, 5) is 32.5. The molecule has 0 bridgehead atoms. The highest BCUT2D eigenvalue weighted by atomic mass is 35.5. The third-order valence-electron chi connectivity index (χ3n) is 4.88. The molecule has 2 aliphatic rings. The fourth-order valence-corrected chi connectivity index (χ4v) is 3.72. The number of piperazine rings is 1. The molecule has 1 atom stereocenters. The summed E-state index contributed by atoms with van der Waals surface area (Å²) in [5.41, 5.74) is -0.237. The second-order valence-corrected chi connectivity index (χ2v) is 8.10. The highest BCUT2D eigenvalue weighted by Gasteiger charge is 2.68. The maximum Gasteiger partial charge on any atom is 0.339 e. The first-order valence-electron chi connectivity index (χ1n) is 8.34. The topological polar surface area (TPSA) is 62.7 Å². The van der Waals surface area contributed by atoms with Gasteiger partial charge in [-0.25, -0.2) is 9.78 Å². The van der Waals surface area contributed by atoms with Gasteiger partial charge in [0, 0.05) is 32.4 Å². The van der Waals surface area contributed by atoms with E-state index in [0.29, 0.717) is 44.8 Å². The van der Waals surface area contributed by atoms with Crippen molar-refractivity contribution in [1.29, 1.82) is 0 Å². The molecule has 1 aromatic heterocycles. The molecule has 1 amide bonds. The van der Waals surface area contributed by atoms with Gasteiger partial charge in [-0.15, -0.1) is 23.2 Å². The zero-order valence-corrected chi connectivity index (χ0v) is 15.8. The number of carbonyl (C=O) groups is 2. The quantitative estimate of drug-likeness (QED) is 0.588. The zero-order valence-electron chi connectivity index (χ0n) is 14.3. The van der Waals surface area contributed by atoms with E-state index in [1.165, 1.54) is 6.20 Å². The Morgan fingerprint density at radius 1 is 1.24 bits per heavy atom. The van der Waals surface area contributed by atoms with Crippen LogP contribution in [0.2, 0.25) is 0 Å². The molecular formula is C17H21Cl2N3O3. The van der Waals surface area contributed by atoms with Gasteiger partial charge < -0.3 is 14.5 Å². The summed E-state index contributed by atoms with van der Waals surface area (Å²) in [6.45, 7) is 6.45. The van der Waals surface area contributed by atoms with E-state index in [9.17, 15) is 9.59 Å². The smallest absolute Gasteiger partial charge is 0.339 e. The molecule has 1 aliphatic heterocycles. The number of amides is 1. The van der Waals surface area contributed by atoms with E-state index in [1.54, 1.807) is 19.1 Å². The number of ether oxygens (including phenoxy) is 1. The molecule has 2 fully saturated rings. The van der Waals surface area contributed by atoms with Crippen molar-refractivity contribution in [3.05, 3.63) is 23.9 Å². The average Bonchev–Trinajstić information content (AvgIpc) is 3.14. The Labute approximate surface area is 157 Å². The third kappa shape index (κ3) is 3.42. The lowest BCUT2D eigenvalue weighted by Crippen LogP contribution is -2.51. The van der Waals surface area contributed by atoms with Crippen LogP contribution in [0.3, 0.4) is 0 Å². The highest BCUT2D eigenvalue weighted by molar-refractivity contribution is 6.53. The number of alkyl halides is 2. The lowest BCUT2D eigenvalue weighted by Gasteiger charge is -2.37. The maximum atomic E-state index is 12.6. The van der Waals surface area contributed by atoms with Crippen molar-refractivity contribution in [3.8, 4) is 0 Å². The summed E-state index contributed by atoms with van der Waals surface area (Å²) in [7, 11) is 0. The number of nitrogens with zero attached hydrogens (tertiary/aromatic N) is 3. The summed E-state index contributed by atoms with van der Waals surface area (Å²) in [6.07, 6.45) is 2.02. The van der Waals surface area contributed by atoms with E-state index in [1.807, 2.05) is 11.8 Å². The molecule has 6 nitrogen and oxygen atoms in total. The van der Waals surface area contributed by atoms with Gasteiger partial charge in [0.05, 0.1) is 17.6 Å². The summed E-state index contributed by atoms with van der Waals surface area (Å²) in [5, 5.41) is 0. The van der Waals surface area contributed by atoms with Crippen molar-refractivity contribution in [3.63, 3.8) is 0 Å². The van der Waals surface area contributed by atoms with Crippen LogP contribution in [0.4, 0.5) is 5.82 Å². The first-order chi connectivity index (χ1) is 11.8. The van der Waals surface area contributed by atoms with E-state index < -0.39 is 9.75 Å². The van der Waals surface area contributed by atoms with E-state index in [0.717, 1.165) is 5.82 Å².